The maximum atomic E-state index is 12.5. The van der Waals surface area contributed by atoms with Gasteiger partial charge in [-0.05, 0) is 55.5 Å². The number of hydrogen-bond donors (Lipinski definition) is 1. The number of rotatable bonds is 7. The number of pyridine rings is 1. The van der Waals surface area contributed by atoms with Gasteiger partial charge in [0.25, 0.3) is 5.91 Å². The van der Waals surface area contributed by atoms with E-state index in [4.69, 9.17) is 9.47 Å². The lowest BCUT2D eigenvalue weighted by Gasteiger charge is -2.26. The van der Waals surface area contributed by atoms with E-state index < -0.39 is 0 Å². The summed E-state index contributed by atoms with van der Waals surface area (Å²) in [7, 11) is 3.26. The van der Waals surface area contributed by atoms with Crippen LogP contribution in [0, 0.1) is 0 Å². The van der Waals surface area contributed by atoms with Crippen molar-refractivity contribution in [2.24, 2.45) is 0 Å². The first kappa shape index (κ1) is 19.0. The van der Waals surface area contributed by atoms with Crippen molar-refractivity contribution in [3.05, 3.63) is 47.7 Å². The summed E-state index contributed by atoms with van der Waals surface area (Å²) in [5.41, 5.74) is 1.80. The molecule has 1 N–H and O–H groups in total. The molecule has 1 aromatic heterocycles. The van der Waals surface area contributed by atoms with Gasteiger partial charge in [0, 0.05) is 25.8 Å². The molecule has 1 aliphatic rings. The molecular weight excluding hydrogens is 342 g/mol. The number of likely N-dealkylation sites (tertiary alicyclic amines) is 1. The number of carbonyl (C=O) groups excluding carboxylic acids is 1. The highest BCUT2D eigenvalue weighted by Crippen LogP contribution is 2.27. The largest absolute Gasteiger partial charge is 0.493 e. The zero-order valence-corrected chi connectivity index (χ0v) is 16.0. The molecule has 1 amide bonds. The number of amides is 1. The van der Waals surface area contributed by atoms with Crippen molar-refractivity contribution in [2.75, 3.05) is 39.2 Å². The first-order chi connectivity index (χ1) is 13.2. The SMILES string of the molecule is COc1ccc(CCNc2ccc(C(=O)N3CCCCC3)cn2)cc1OC. The quantitative estimate of drug-likeness (QED) is 0.811. The maximum Gasteiger partial charge on any atom is 0.255 e. The molecule has 0 unspecified atom stereocenters. The number of ether oxygens (including phenoxy) is 2. The smallest absolute Gasteiger partial charge is 0.255 e. The molecule has 0 bridgehead atoms. The third-order valence-corrected chi connectivity index (χ3v) is 4.82. The number of carbonyl (C=O) groups is 1. The molecule has 1 aliphatic heterocycles. The van der Waals surface area contributed by atoms with Crippen LogP contribution in [-0.4, -0.2) is 49.6 Å². The Kier molecular flexibility index (Phi) is 6.52. The highest BCUT2D eigenvalue weighted by atomic mass is 16.5. The molecule has 1 aromatic carbocycles. The van der Waals surface area contributed by atoms with Crippen LogP contribution in [0.2, 0.25) is 0 Å². The Labute approximate surface area is 160 Å². The Balaban J connectivity index is 1.52. The summed E-state index contributed by atoms with van der Waals surface area (Å²) in [5.74, 6) is 2.31. The van der Waals surface area contributed by atoms with Gasteiger partial charge in [-0.3, -0.25) is 4.79 Å². The Morgan fingerprint density at radius 1 is 1.07 bits per heavy atom. The van der Waals surface area contributed by atoms with E-state index in [0.717, 1.165) is 61.8 Å². The molecule has 3 rings (SSSR count). The van der Waals surface area contributed by atoms with Gasteiger partial charge in [-0.15, -0.1) is 0 Å². The number of anilines is 1. The third-order valence-electron chi connectivity index (χ3n) is 4.82. The van der Waals surface area contributed by atoms with Crippen molar-refractivity contribution in [2.45, 2.75) is 25.7 Å². The molecule has 0 radical (unpaired) electrons. The molecule has 27 heavy (non-hydrogen) atoms. The van der Waals surface area contributed by atoms with E-state index in [9.17, 15) is 4.79 Å². The van der Waals surface area contributed by atoms with Crippen LogP contribution in [0.25, 0.3) is 0 Å². The Morgan fingerprint density at radius 3 is 2.52 bits per heavy atom. The van der Waals surface area contributed by atoms with Crippen molar-refractivity contribution < 1.29 is 14.3 Å². The Bertz CT molecular complexity index is 756. The zero-order chi connectivity index (χ0) is 19.1. The van der Waals surface area contributed by atoms with Gasteiger partial charge < -0.3 is 19.7 Å². The molecule has 6 heteroatoms. The van der Waals surface area contributed by atoms with Gasteiger partial charge in [0.15, 0.2) is 11.5 Å². The van der Waals surface area contributed by atoms with Gasteiger partial charge in [0.05, 0.1) is 19.8 Å². The van der Waals surface area contributed by atoms with Crippen LogP contribution in [0.5, 0.6) is 11.5 Å². The predicted molar refractivity (Wildman–Crippen MR) is 106 cm³/mol. The topological polar surface area (TPSA) is 63.7 Å². The standard InChI is InChI=1S/C21H27N3O3/c1-26-18-8-6-16(14-19(18)27-2)10-11-22-20-9-7-17(15-23-20)21(25)24-12-4-3-5-13-24/h6-9,14-15H,3-5,10-13H2,1-2H3,(H,22,23). The number of nitrogens with one attached hydrogen (secondary N) is 1. The summed E-state index contributed by atoms with van der Waals surface area (Å²) >= 11 is 0. The fourth-order valence-electron chi connectivity index (χ4n) is 3.28. The van der Waals surface area contributed by atoms with Crippen molar-refractivity contribution in [3.8, 4) is 11.5 Å². The summed E-state index contributed by atoms with van der Waals surface area (Å²) in [6.45, 7) is 2.44. The minimum absolute atomic E-state index is 0.0825. The minimum Gasteiger partial charge on any atom is -0.493 e. The first-order valence-corrected chi connectivity index (χ1v) is 9.41. The van der Waals surface area contributed by atoms with Crippen LogP contribution < -0.4 is 14.8 Å². The van der Waals surface area contributed by atoms with Gasteiger partial charge in [-0.1, -0.05) is 6.07 Å². The van der Waals surface area contributed by atoms with Crippen LogP contribution in [0.1, 0.15) is 35.2 Å². The lowest BCUT2D eigenvalue weighted by Crippen LogP contribution is -2.35. The summed E-state index contributed by atoms with van der Waals surface area (Å²) < 4.78 is 10.6. The van der Waals surface area contributed by atoms with Gasteiger partial charge in [-0.2, -0.15) is 0 Å². The lowest BCUT2D eigenvalue weighted by atomic mass is 10.1. The van der Waals surface area contributed by atoms with Crippen molar-refractivity contribution in [1.29, 1.82) is 0 Å². The number of hydrogen-bond acceptors (Lipinski definition) is 5. The fourth-order valence-corrected chi connectivity index (χ4v) is 3.28. The number of piperidine rings is 1. The second-order valence-corrected chi connectivity index (χ2v) is 6.65. The average Bonchev–Trinajstić information content (AvgIpc) is 2.74. The molecule has 6 nitrogen and oxygen atoms in total. The normalized spacial score (nSPS) is 13.9. The van der Waals surface area contributed by atoms with Crippen molar-refractivity contribution in [1.82, 2.24) is 9.88 Å². The minimum atomic E-state index is 0.0825. The van der Waals surface area contributed by atoms with Crippen LogP contribution >= 0.6 is 0 Å². The second-order valence-electron chi connectivity index (χ2n) is 6.65. The van der Waals surface area contributed by atoms with E-state index in [1.165, 1.54) is 6.42 Å². The van der Waals surface area contributed by atoms with Gasteiger partial charge in [-0.25, -0.2) is 4.98 Å². The summed E-state index contributed by atoms with van der Waals surface area (Å²) in [6, 6.07) is 9.63. The highest BCUT2D eigenvalue weighted by Gasteiger charge is 2.18. The molecule has 1 fully saturated rings. The molecule has 144 valence electrons. The van der Waals surface area contributed by atoms with Gasteiger partial charge in [0.1, 0.15) is 5.82 Å². The zero-order valence-electron chi connectivity index (χ0n) is 16.0. The predicted octanol–water partition coefficient (Wildman–Crippen LogP) is 3.38. The molecule has 2 aromatic rings. The Hall–Kier alpha value is -2.76. The highest BCUT2D eigenvalue weighted by molar-refractivity contribution is 5.94. The van der Waals surface area contributed by atoms with Gasteiger partial charge >= 0.3 is 0 Å². The van der Waals surface area contributed by atoms with Crippen LogP contribution in [0.15, 0.2) is 36.5 Å². The van der Waals surface area contributed by atoms with Crippen molar-refractivity contribution >= 4 is 11.7 Å². The van der Waals surface area contributed by atoms with Crippen LogP contribution in [0.3, 0.4) is 0 Å². The molecule has 0 spiro atoms. The van der Waals surface area contributed by atoms with Gasteiger partial charge in [0.2, 0.25) is 0 Å². The molecule has 0 aliphatic carbocycles. The monoisotopic (exact) mass is 369 g/mol. The summed E-state index contributed by atoms with van der Waals surface area (Å²) in [6.07, 6.45) is 5.89. The number of nitrogens with zero attached hydrogens (tertiary/aromatic N) is 2. The number of methoxy groups -OCH3 is 2. The van der Waals surface area contributed by atoms with E-state index in [1.807, 2.05) is 35.2 Å². The van der Waals surface area contributed by atoms with E-state index in [2.05, 4.69) is 10.3 Å². The molecular formula is C21H27N3O3. The Morgan fingerprint density at radius 2 is 1.85 bits per heavy atom. The van der Waals surface area contributed by atoms with Crippen molar-refractivity contribution in [3.63, 3.8) is 0 Å². The molecule has 0 saturated carbocycles. The second kappa shape index (κ2) is 9.26. The van der Waals surface area contributed by atoms with E-state index >= 15 is 0 Å². The molecule has 2 heterocycles. The van der Waals surface area contributed by atoms with E-state index in [1.54, 1.807) is 20.4 Å². The first-order valence-electron chi connectivity index (χ1n) is 9.41. The molecule has 0 atom stereocenters. The average molecular weight is 369 g/mol. The van der Waals surface area contributed by atoms with Crippen LogP contribution in [-0.2, 0) is 6.42 Å². The summed E-state index contributed by atoms with van der Waals surface area (Å²) in [4.78, 5) is 18.8. The number of benzene rings is 1. The summed E-state index contributed by atoms with van der Waals surface area (Å²) in [5, 5.41) is 3.30. The number of aromatic nitrogens is 1. The van der Waals surface area contributed by atoms with E-state index in [-0.39, 0.29) is 5.91 Å². The van der Waals surface area contributed by atoms with Crippen LogP contribution in [0.4, 0.5) is 5.82 Å². The van der Waals surface area contributed by atoms with E-state index in [0.29, 0.717) is 5.56 Å². The molecule has 1 saturated heterocycles. The fraction of sp³-hybridized carbons (Fsp3) is 0.429. The lowest BCUT2D eigenvalue weighted by molar-refractivity contribution is 0.0724. The maximum absolute atomic E-state index is 12.5. The third kappa shape index (κ3) is 4.90.